The average molecular weight is 292 g/mol. The molecule has 2 aliphatic heterocycles. The van der Waals surface area contributed by atoms with Crippen molar-refractivity contribution in [2.24, 2.45) is 10.9 Å². The molecule has 1 aromatic heterocycles. The quantitative estimate of drug-likeness (QED) is 0.637. The molecule has 1 fully saturated rings. The number of hydrogen-bond donors (Lipinski definition) is 1. The van der Waals surface area contributed by atoms with E-state index in [0.29, 0.717) is 12.5 Å². The van der Waals surface area contributed by atoms with E-state index >= 15 is 0 Å². The van der Waals surface area contributed by atoms with Gasteiger partial charge in [0.25, 0.3) is 0 Å². The number of aryl methyl sites for hydroxylation is 1. The first kappa shape index (κ1) is 14.3. The molecule has 0 aliphatic carbocycles. The first-order valence-corrected chi connectivity index (χ1v) is 7.67. The van der Waals surface area contributed by atoms with Crippen molar-refractivity contribution in [2.45, 2.75) is 32.4 Å². The summed E-state index contributed by atoms with van der Waals surface area (Å²) in [6.07, 6.45) is 3.39. The fourth-order valence-electron chi connectivity index (χ4n) is 3.23. The number of fused-ring (bicyclic) bond motifs is 1. The number of ether oxygens (including phenoxy) is 1. The van der Waals surface area contributed by atoms with E-state index in [4.69, 9.17) is 4.74 Å². The molecule has 3 heterocycles. The van der Waals surface area contributed by atoms with E-state index in [1.807, 2.05) is 7.05 Å². The molecule has 1 aromatic rings. The van der Waals surface area contributed by atoms with Gasteiger partial charge in [0.1, 0.15) is 5.82 Å². The summed E-state index contributed by atoms with van der Waals surface area (Å²) >= 11 is 0. The minimum atomic E-state index is 0.603. The maximum atomic E-state index is 5.25. The van der Waals surface area contributed by atoms with E-state index in [0.717, 1.165) is 56.7 Å². The standard InChI is InChI=1S/C14H24N6O/c1-15-14(19-7-5-11(9-19)10-21-2)16-8-13-18-17-12-4-3-6-20(12)13/h11H,3-10H2,1-2H3,(H,15,16). The lowest BCUT2D eigenvalue weighted by Gasteiger charge is -2.21. The molecular formula is C14H24N6O. The minimum Gasteiger partial charge on any atom is -0.384 e. The Balaban J connectivity index is 1.56. The van der Waals surface area contributed by atoms with Gasteiger partial charge in [-0.15, -0.1) is 10.2 Å². The van der Waals surface area contributed by atoms with Gasteiger partial charge in [-0.1, -0.05) is 0 Å². The molecule has 7 nitrogen and oxygen atoms in total. The number of nitrogens with one attached hydrogen (secondary N) is 1. The third-order valence-electron chi connectivity index (χ3n) is 4.29. The summed E-state index contributed by atoms with van der Waals surface area (Å²) in [6, 6.07) is 0. The first-order chi connectivity index (χ1) is 10.3. The number of aliphatic imine (C=N–C) groups is 1. The van der Waals surface area contributed by atoms with Crippen LogP contribution < -0.4 is 5.32 Å². The molecule has 116 valence electrons. The van der Waals surface area contributed by atoms with E-state index in [1.165, 1.54) is 6.42 Å². The zero-order chi connectivity index (χ0) is 14.7. The first-order valence-electron chi connectivity index (χ1n) is 7.67. The number of aromatic nitrogens is 3. The molecule has 0 bridgehead atoms. The van der Waals surface area contributed by atoms with Gasteiger partial charge >= 0.3 is 0 Å². The highest BCUT2D eigenvalue weighted by Gasteiger charge is 2.25. The van der Waals surface area contributed by atoms with Crippen molar-refractivity contribution in [3.63, 3.8) is 0 Å². The smallest absolute Gasteiger partial charge is 0.194 e. The van der Waals surface area contributed by atoms with Crippen molar-refractivity contribution >= 4 is 5.96 Å². The normalized spacial score (nSPS) is 21.9. The third-order valence-corrected chi connectivity index (χ3v) is 4.29. The largest absolute Gasteiger partial charge is 0.384 e. The molecule has 21 heavy (non-hydrogen) atoms. The second-order valence-corrected chi connectivity index (χ2v) is 5.74. The van der Waals surface area contributed by atoms with E-state index < -0.39 is 0 Å². The van der Waals surface area contributed by atoms with E-state index in [-0.39, 0.29) is 0 Å². The lowest BCUT2D eigenvalue weighted by atomic mass is 10.1. The Kier molecular flexibility index (Phi) is 4.38. The van der Waals surface area contributed by atoms with Crippen molar-refractivity contribution in [3.8, 4) is 0 Å². The summed E-state index contributed by atoms with van der Waals surface area (Å²) in [6.45, 7) is 4.59. The third kappa shape index (κ3) is 3.02. The van der Waals surface area contributed by atoms with Crippen LogP contribution in [0.15, 0.2) is 4.99 Å². The van der Waals surface area contributed by atoms with Gasteiger partial charge in [0.15, 0.2) is 11.8 Å². The summed E-state index contributed by atoms with van der Waals surface area (Å²) < 4.78 is 7.47. The van der Waals surface area contributed by atoms with Crippen LogP contribution in [0.4, 0.5) is 0 Å². The van der Waals surface area contributed by atoms with Crippen molar-refractivity contribution < 1.29 is 4.74 Å². The molecule has 1 saturated heterocycles. The molecule has 7 heteroatoms. The Morgan fingerprint density at radius 2 is 2.33 bits per heavy atom. The number of methoxy groups -OCH3 is 1. The van der Waals surface area contributed by atoms with Gasteiger partial charge in [0.05, 0.1) is 13.2 Å². The highest BCUT2D eigenvalue weighted by atomic mass is 16.5. The van der Waals surface area contributed by atoms with Crippen LogP contribution in [0.1, 0.15) is 24.5 Å². The fraction of sp³-hybridized carbons (Fsp3) is 0.786. The maximum absolute atomic E-state index is 5.25. The molecule has 3 rings (SSSR count). The van der Waals surface area contributed by atoms with Gasteiger partial charge in [-0.05, 0) is 12.8 Å². The fourth-order valence-corrected chi connectivity index (χ4v) is 3.23. The van der Waals surface area contributed by atoms with Gasteiger partial charge in [-0.25, -0.2) is 0 Å². The van der Waals surface area contributed by atoms with Crippen LogP contribution in [0.3, 0.4) is 0 Å². The van der Waals surface area contributed by atoms with E-state index in [2.05, 4.69) is 30.0 Å². The number of guanidine groups is 1. The monoisotopic (exact) mass is 292 g/mol. The molecule has 1 N–H and O–H groups in total. The average Bonchev–Trinajstić information content (AvgIpc) is 3.17. The van der Waals surface area contributed by atoms with E-state index in [9.17, 15) is 0 Å². The van der Waals surface area contributed by atoms with Gasteiger partial charge in [0, 0.05) is 46.1 Å². The minimum absolute atomic E-state index is 0.603. The number of hydrogen-bond acceptors (Lipinski definition) is 4. The molecule has 0 amide bonds. The molecule has 0 radical (unpaired) electrons. The summed E-state index contributed by atoms with van der Waals surface area (Å²) in [5.41, 5.74) is 0. The molecular weight excluding hydrogens is 268 g/mol. The van der Waals surface area contributed by atoms with Gasteiger partial charge in [0.2, 0.25) is 0 Å². The van der Waals surface area contributed by atoms with Crippen LogP contribution in [0.5, 0.6) is 0 Å². The maximum Gasteiger partial charge on any atom is 0.194 e. The van der Waals surface area contributed by atoms with Crippen LogP contribution in [0.2, 0.25) is 0 Å². The van der Waals surface area contributed by atoms with Crippen LogP contribution in [-0.4, -0.2) is 59.5 Å². The Hall–Kier alpha value is -1.63. The van der Waals surface area contributed by atoms with Crippen LogP contribution >= 0.6 is 0 Å². The molecule has 0 aromatic carbocycles. The van der Waals surface area contributed by atoms with Gasteiger partial charge in [-0.2, -0.15) is 0 Å². The Labute approximate surface area is 125 Å². The van der Waals surface area contributed by atoms with Crippen molar-refractivity contribution in [2.75, 3.05) is 33.9 Å². The topological polar surface area (TPSA) is 67.6 Å². The lowest BCUT2D eigenvalue weighted by molar-refractivity contribution is 0.157. The van der Waals surface area contributed by atoms with Gasteiger partial charge in [-0.3, -0.25) is 4.99 Å². The van der Waals surface area contributed by atoms with Crippen molar-refractivity contribution in [3.05, 3.63) is 11.6 Å². The number of likely N-dealkylation sites (tertiary alicyclic amines) is 1. The molecule has 1 unspecified atom stereocenters. The summed E-state index contributed by atoms with van der Waals surface area (Å²) in [5, 5.41) is 11.9. The van der Waals surface area contributed by atoms with Crippen molar-refractivity contribution in [1.82, 2.24) is 25.0 Å². The zero-order valence-electron chi connectivity index (χ0n) is 12.9. The molecule has 0 spiro atoms. The van der Waals surface area contributed by atoms with E-state index in [1.54, 1.807) is 7.11 Å². The Morgan fingerprint density at radius 1 is 1.43 bits per heavy atom. The Bertz CT molecular complexity index is 512. The van der Waals surface area contributed by atoms with Crippen molar-refractivity contribution in [1.29, 1.82) is 0 Å². The Morgan fingerprint density at radius 3 is 3.14 bits per heavy atom. The summed E-state index contributed by atoms with van der Waals surface area (Å²) in [7, 11) is 3.60. The number of rotatable bonds is 4. The predicted molar refractivity (Wildman–Crippen MR) is 80.1 cm³/mol. The van der Waals surface area contributed by atoms with Crippen LogP contribution in [0.25, 0.3) is 0 Å². The molecule has 2 aliphatic rings. The van der Waals surface area contributed by atoms with Crippen LogP contribution in [-0.2, 0) is 24.2 Å². The van der Waals surface area contributed by atoms with Gasteiger partial charge < -0.3 is 19.5 Å². The highest BCUT2D eigenvalue weighted by molar-refractivity contribution is 5.80. The predicted octanol–water partition coefficient (Wildman–Crippen LogP) is 0.268. The van der Waals surface area contributed by atoms with Crippen LogP contribution in [0, 0.1) is 5.92 Å². The molecule has 1 atom stereocenters. The SMILES string of the molecule is CN=C(NCc1nnc2n1CCC2)N1CCC(COC)C1. The highest BCUT2D eigenvalue weighted by Crippen LogP contribution is 2.17. The molecule has 0 saturated carbocycles. The number of nitrogens with zero attached hydrogens (tertiary/aromatic N) is 5. The summed E-state index contributed by atoms with van der Waals surface area (Å²) in [5.74, 6) is 3.68. The second-order valence-electron chi connectivity index (χ2n) is 5.74. The zero-order valence-corrected chi connectivity index (χ0v) is 12.9. The second kappa shape index (κ2) is 6.43. The summed E-state index contributed by atoms with van der Waals surface area (Å²) in [4.78, 5) is 6.69. The lowest BCUT2D eigenvalue weighted by Crippen LogP contribution is -2.40.